The molecule has 0 spiro atoms. The molecular weight excluding hydrogens is 376 g/mol. The van der Waals surface area contributed by atoms with E-state index >= 15 is 0 Å². The lowest BCUT2D eigenvalue weighted by molar-refractivity contribution is 0.391. The number of furan rings is 1. The number of aromatic nitrogens is 5. The summed E-state index contributed by atoms with van der Waals surface area (Å²) in [4.78, 5) is 4.46. The van der Waals surface area contributed by atoms with Gasteiger partial charge >= 0.3 is 0 Å². The Hall–Kier alpha value is -3.07. The van der Waals surface area contributed by atoms with Gasteiger partial charge in [0.2, 0.25) is 16.9 Å². The van der Waals surface area contributed by atoms with Gasteiger partial charge in [0.05, 0.1) is 17.6 Å². The number of thioether (sulfide) groups is 1. The second-order valence-electron chi connectivity index (χ2n) is 6.64. The topological polar surface area (TPSA) is 109 Å². The molecule has 0 bridgehead atoms. The fourth-order valence-electron chi connectivity index (χ4n) is 2.75. The molecule has 144 valence electrons. The monoisotopic (exact) mass is 396 g/mol. The second kappa shape index (κ2) is 7.51. The van der Waals surface area contributed by atoms with Crippen LogP contribution in [0.15, 0.2) is 50.7 Å². The molecule has 0 aliphatic carbocycles. The van der Waals surface area contributed by atoms with E-state index in [1.807, 2.05) is 25.1 Å². The van der Waals surface area contributed by atoms with Gasteiger partial charge in [0, 0.05) is 5.56 Å². The molecule has 0 aliphatic rings. The number of nitrogen functional groups attached to an aromatic ring is 1. The Morgan fingerprint density at radius 2 is 1.93 bits per heavy atom. The summed E-state index contributed by atoms with van der Waals surface area (Å²) in [5.74, 6) is 9.39. The maximum Gasteiger partial charge on any atom is 0.237 e. The zero-order valence-electron chi connectivity index (χ0n) is 15.8. The maximum atomic E-state index is 6.12. The number of nitrogens with two attached hydrogens (primary N) is 1. The van der Waals surface area contributed by atoms with Gasteiger partial charge in [0.15, 0.2) is 5.82 Å². The number of hydrogen-bond acceptors (Lipinski definition) is 8. The molecule has 1 aromatic carbocycles. The van der Waals surface area contributed by atoms with Crippen molar-refractivity contribution >= 4 is 11.8 Å². The standard InChI is InChI=1S/C19H20N6O2S/c1-11(2)13-4-6-14(7-5-13)17-21-16(27-24-17)10-28-19-23-22-18(25(19)20)15-8-9-26-12(15)3/h4-9,11H,10,20H2,1-3H3. The molecule has 8 nitrogen and oxygen atoms in total. The first-order valence-corrected chi connectivity index (χ1v) is 9.82. The van der Waals surface area contributed by atoms with Crippen molar-refractivity contribution in [3.63, 3.8) is 0 Å². The minimum Gasteiger partial charge on any atom is -0.469 e. The predicted octanol–water partition coefficient (Wildman–Crippen LogP) is 4.03. The van der Waals surface area contributed by atoms with E-state index in [0.29, 0.717) is 34.4 Å². The van der Waals surface area contributed by atoms with Crippen LogP contribution in [0.2, 0.25) is 0 Å². The van der Waals surface area contributed by atoms with Gasteiger partial charge in [-0.15, -0.1) is 10.2 Å². The number of hydrogen-bond donors (Lipinski definition) is 1. The van der Waals surface area contributed by atoms with Crippen molar-refractivity contribution in [1.29, 1.82) is 0 Å². The Morgan fingerprint density at radius 1 is 1.14 bits per heavy atom. The van der Waals surface area contributed by atoms with Gasteiger partial charge in [-0.05, 0) is 24.5 Å². The van der Waals surface area contributed by atoms with Crippen LogP contribution in [0.3, 0.4) is 0 Å². The summed E-state index contributed by atoms with van der Waals surface area (Å²) in [6, 6.07) is 9.99. The normalized spacial score (nSPS) is 11.4. The van der Waals surface area contributed by atoms with Gasteiger partial charge in [-0.1, -0.05) is 55.0 Å². The number of nitrogens with zero attached hydrogens (tertiary/aromatic N) is 5. The molecule has 0 amide bonds. The molecule has 0 saturated heterocycles. The molecule has 0 atom stereocenters. The Labute approximate surface area is 166 Å². The first kappa shape index (κ1) is 18.3. The molecule has 0 aliphatic heterocycles. The van der Waals surface area contributed by atoms with Crippen molar-refractivity contribution in [3.05, 3.63) is 53.8 Å². The molecule has 3 heterocycles. The highest BCUT2D eigenvalue weighted by Gasteiger charge is 2.17. The van der Waals surface area contributed by atoms with Crippen molar-refractivity contribution < 1.29 is 8.94 Å². The summed E-state index contributed by atoms with van der Waals surface area (Å²) in [5, 5.41) is 12.9. The van der Waals surface area contributed by atoms with E-state index in [-0.39, 0.29) is 0 Å². The molecule has 0 fully saturated rings. The Kier molecular flexibility index (Phi) is 4.91. The molecule has 3 aromatic heterocycles. The third kappa shape index (κ3) is 3.53. The van der Waals surface area contributed by atoms with E-state index in [0.717, 1.165) is 16.9 Å². The van der Waals surface area contributed by atoms with Crippen molar-refractivity contribution in [2.75, 3.05) is 5.84 Å². The molecule has 0 unspecified atom stereocenters. The van der Waals surface area contributed by atoms with Crippen LogP contribution in [0.1, 0.15) is 37.0 Å². The van der Waals surface area contributed by atoms with E-state index in [9.17, 15) is 0 Å². The molecule has 4 rings (SSSR count). The third-order valence-corrected chi connectivity index (χ3v) is 5.32. The minimum absolute atomic E-state index is 0.441. The summed E-state index contributed by atoms with van der Waals surface area (Å²) < 4.78 is 12.1. The van der Waals surface area contributed by atoms with Crippen molar-refractivity contribution in [2.45, 2.75) is 37.6 Å². The first-order chi connectivity index (χ1) is 13.5. The fourth-order valence-corrected chi connectivity index (χ4v) is 3.44. The Balaban J connectivity index is 1.45. The minimum atomic E-state index is 0.441. The summed E-state index contributed by atoms with van der Waals surface area (Å²) >= 11 is 1.38. The van der Waals surface area contributed by atoms with Crippen molar-refractivity contribution in [2.24, 2.45) is 0 Å². The van der Waals surface area contributed by atoms with Gasteiger partial charge < -0.3 is 14.8 Å². The van der Waals surface area contributed by atoms with E-state index in [1.54, 1.807) is 6.26 Å². The first-order valence-electron chi connectivity index (χ1n) is 8.83. The van der Waals surface area contributed by atoms with E-state index < -0.39 is 0 Å². The lowest BCUT2D eigenvalue weighted by Gasteiger charge is -2.04. The Bertz CT molecular complexity index is 1080. The summed E-state index contributed by atoms with van der Waals surface area (Å²) in [5.41, 5.74) is 3.00. The largest absolute Gasteiger partial charge is 0.469 e. The highest BCUT2D eigenvalue weighted by atomic mass is 32.2. The van der Waals surface area contributed by atoms with Crippen LogP contribution < -0.4 is 5.84 Å². The molecule has 0 saturated carbocycles. The molecule has 28 heavy (non-hydrogen) atoms. The van der Waals surface area contributed by atoms with E-state index in [2.05, 4.69) is 46.3 Å². The molecule has 2 N–H and O–H groups in total. The Morgan fingerprint density at radius 3 is 2.61 bits per heavy atom. The lowest BCUT2D eigenvalue weighted by atomic mass is 10.0. The predicted molar refractivity (Wildman–Crippen MR) is 106 cm³/mol. The quantitative estimate of drug-likeness (QED) is 0.384. The molecule has 0 radical (unpaired) electrons. The van der Waals surface area contributed by atoms with Crippen LogP contribution in [0.5, 0.6) is 0 Å². The van der Waals surface area contributed by atoms with Gasteiger partial charge in [0.25, 0.3) is 0 Å². The van der Waals surface area contributed by atoms with Gasteiger partial charge in [0.1, 0.15) is 5.76 Å². The smallest absolute Gasteiger partial charge is 0.237 e. The van der Waals surface area contributed by atoms with Crippen molar-refractivity contribution in [1.82, 2.24) is 25.0 Å². The van der Waals surface area contributed by atoms with Crippen LogP contribution in [0, 0.1) is 6.92 Å². The number of aryl methyl sites for hydroxylation is 1. The molecule has 9 heteroatoms. The van der Waals surface area contributed by atoms with Crippen LogP contribution in [0.25, 0.3) is 22.8 Å². The maximum absolute atomic E-state index is 6.12. The highest BCUT2D eigenvalue weighted by molar-refractivity contribution is 7.98. The SMILES string of the molecule is Cc1occc1-c1nnc(SCc2nc(-c3ccc(C(C)C)cc3)no2)n1N. The van der Waals surface area contributed by atoms with E-state index in [1.165, 1.54) is 22.0 Å². The van der Waals surface area contributed by atoms with Crippen LogP contribution in [-0.4, -0.2) is 25.0 Å². The molecule has 4 aromatic rings. The van der Waals surface area contributed by atoms with Crippen LogP contribution >= 0.6 is 11.8 Å². The summed E-state index contributed by atoms with van der Waals surface area (Å²) in [7, 11) is 0. The summed E-state index contributed by atoms with van der Waals surface area (Å²) in [6.07, 6.45) is 1.60. The highest BCUT2D eigenvalue weighted by Crippen LogP contribution is 2.27. The van der Waals surface area contributed by atoms with Gasteiger partial charge in [-0.3, -0.25) is 0 Å². The average Bonchev–Trinajstić information content (AvgIpc) is 3.41. The number of rotatable bonds is 6. The number of benzene rings is 1. The fraction of sp³-hybridized carbons (Fsp3) is 0.263. The zero-order valence-corrected chi connectivity index (χ0v) is 16.6. The van der Waals surface area contributed by atoms with E-state index in [4.69, 9.17) is 14.8 Å². The van der Waals surface area contributed by atoms with Crippen LogP contribution in [0.4, 0.5) is 0 Å². The van der Waals surface area contributed by atoms with Crippen LogP contribution in [-0.2, 0) is 5.75 Å². The zero-order chi connectivity index (χ0) is 19.7. The van der Waals surface area contributed by atoms with Gasteiger partial charge in [-0.25, -0.2) is 4.68 Å². The summed E-state index contributed by atoms with van der Waals surface area (Å²) in [6.45, 7) is 6.17. The third-order valence-electron chi connectivity index (χ3n) is 4.39. The van der Waals surface area contributed by atoms with Crippen molar-refractivity contribution in [3.8, 4) is 22.8 Å². The molecular formula is C19H20N6O2S. The lowest BCUT2D eigenvalue weighted by Crippen LogP contribution is -2.11. The van der Waals surface area contributed by atoms with Gasteiger partial charge in [-0.2, -0.15) is 4.98 Å². The average molecular weight is 396 g/mol. The second-order valence-corrected chi connectivity index (χ2v) is 7.59.